The molecule has 1 heterocycles. The molecule has 0 atom stereocenters. The summed E-state index contributed by atoms with van der Waals surface area (Å²) in [5.41, 5.74) is 5.55. The molecule has 0 aromatic carbocycles. The molecule has 1 saturated heterocycles. The summed E-state index contributed by atoms with van der Waals surface area (Å²) in [6.45, 7) is 4.32. The van der Waals surface area contributed by atoms with Crippen LogP contribution in [-0.4, -0.2) is 38.9 Å². The molecule has 0 amide bonds. The smallest absolute Gasteiger partial charge is 0.279 e. The van der Waals surface area contributed by atoms with E-state index in [-0.39, 0.29) is 0 Å². The molecule has 0 aromatic heterocycles. The third-order valence-electron chi connectivity index (χ3n) is 2.78. The number of hydrogen-bond acceptors (Lipinski definition) is 3. The maximum Gasteiger partial charge on any atom is 0.279 e. The molecule has 1 aliphatic heterocycles. The molecule has 1 fully saturated rings. The van der Waals surface area contributed by atoms with Crippen molar-refractivity contribution in [3.05, 3.63) is 0 Å². The van der Waals surface area contributed by atoms with Crippen LogP contribution in [0.5, 0.6) is 0 Å². The van der Waals surface area contributed by atoms with Crippen LogP contribution < -0.4 is 10.5 Å². The molecule has 1 aliphatic rings. The lowest BCUT2D eigenvalue weighted by molar-refractivity contribution is 0.276. The van der Waals surface area contributed by atoms with Gasteiger partial charge in [0.05, 0.1) is 0 Å². The fourth-order valence-corrected chi connectivity index (χ4v) is 3.04. The molecule has 1 rings (SSSR count). The van der Waals surface area contributed by atoms with E-state index in [1.165, 1.54) is 4.31 Å². The van der Waals surface area contributed by atoms with Gasteiger partial charge in [0.25, 0.3) is 10.2 Å². The highest BCUT2D eigenvalue weighted by atomic mass is 32.2. The zero-order valence-corrected chi connectivity index (χ0v) is 10.1. The minimum atomic E-state index is -3.23. The van der Waals surface area contributed by atoms with Gasteiger partial charge in [0.1, 0.15) is 0 Å². The van der Waals surface area contributed by atoms with Crippen molar-refractivity contribution in [2.24, 2.45) is 11.7 Å². The van der Waals surface area contributed by atoms with E-state index in [1.54, 1.807) is 0 Å². The SMILES string of the molecule is CCCNS(=O)(=O)N1CCC(CN)CC1. The Labute approximate surface area is 92.2 Å². The number of nitrogens with two attached hydrogens (primary N) is 1. The van der Waals surface area contributed by atoms with E-state index in [0.717, 1.165) is 19.3 Å². The molecule has 0 aliphatic carbocycles. The Morgan fingerprint density at radius 3 is 2.47 bits per heavy atom. The van der Waals surface area contributed by atoms with Crippen LogP contribution in [0.1, 0.15) is 26.2 Å². The van der Waals surface area contributed by atoms with Crippen molar-refractivity contribution in [2.75, 3.05) is 26.2 Å². The third kappa shape index (κ3) is 3.71. The Balaban J connectivity index is 2.45. The van der Waals surface area contributed by atoms with Crippen molar-refractivity contribution < 1.29 is 8.42 Å². The largest absolute Gasteiger partial charge is 0.330 e. The van der Waals surface area contributed by atoms with E-state index in [1.807, 2.05) is 6.92 Å². The van der Waals surface area contributed by atoms with Crippen molar-refractivity contribution in [1.82, 2.24) is 9.03 Å². The van der Waals surface area contributed by atoms with E-state index in [4.69, 9.17) is 5.73 Å². The minimum absolute atomic E-state index is 0.489. The van der Waals surface area contributed by atoms with Gasteiger partial charge in [-0.2, -0.15) is 12.7 Å². The summed E-state index contributed by atoms with van der Waals surface area (Å²) in [5, 5.41) is 0. The molecule has 3 N–H and O–H groups in total. The number of piperidine rings is 1. The quantitative estimate of drug-likeness (QED) is 0.699. The van der Waals surface area contributed by atoms with Gasteiger partial charge in [-0.15, -0.1) is 0 Å². The van der Waals surface area contributed by atoms with Crippen molar-refractivity contribution in [1.29, 1.82) is 0 Å². The zero-order chi connectivity index (χ0) is 11.3. The number of hydrogen-bond donors (Lipinski definition) is 2. The van der Waals surface area contributed by atoms with Crippen LogP contribution in [0.15, 0.2) is 0 Å². The van der Waals surface area contributed by atoms with Gasteiger partial charge in [0.15, 0.2) is 0 Å². The van der Waals surface area contributed by atoms with Crippen LogP contribution in [0.2, 0.25) is 0 Å². The van der Waals surface area contributed by atoms with Gasteiger partial charge in [-0.25, -0.2) is 4.72 Å². The molecule has 0 spiro atoms. The number of nitrogens with one attached hydrogen (secondary N) is 1. The van der Waals surface area contributed by atoms with E-state index in [0.29, 0.717) is 32.1 Å². The van der Waals surface area contributed by atoms with Crippen molar-refractivity contribution >= 4 is 10.2 Å². The summed E-state index contributed by atoms with van der Waals surface area (Å²) < 4.78 is 27.5. The van der Waals surface area contributed by atoms with Gasteiger partial charge in [-0.1, -0.05) is 6.92 Å². The molecule has 6 heteroatoms. The summed E-state index contributed by atoms with van der Waals surface area (Å²) in [5.74, 6) is 0.489. The first-order valence-electron chi connectivity index (χ1n) is 5.55. The average molecular weight is 235 g/mol. The lowest BCUT2D eigenvalue weighted by Crippen LogP contribution is -2.45. The Hall–Kier alpha value is -0.170. The Morgan fingerprint density at radius 1 is 1.40 bits per heavy atom. The highest BCUT2D eigenvalue weighted by molar-refractivity contribution is 7.87. The fraction of sp³-hybridized carbons (Fsp3) is 1.00. The maximum atomic E-state index is 11.7. The van der Waals surface area contributed by atoms with Crippen LogP contribution >= 0.6 is 0 Å². The van der Waals surface area contributed by atoms with E-state index >= 15 is 0 Å². The molecule has 0 radical (unpaired) electrons. The van der Waals surface area contributed by atoms with Crippen molar-refractivity contribution in [3.8, 4) is 0 Å². The highest BCUT2D eigenvalue weighted by Gasteiger charge is 2.26. The molecule has 5 nitrogen and oxygen atoms in total. The standard InChI is InChI=1S/C9H21N3O2S/c1-2-5-11-15(13,14)12-6-3-9(8-10)4-7-12/h9,11H,2-8,10H2,1H3. The maximum absolute atomic E-state index is 11.7. The van der Waals surface area contributed by atoms with Crippen LogP contribution in [-0.2, 0) is 10.2 Å². The molecule has 0 bridgehead atoms. The van der Waals surface area contributed by atoms with Gasteiger partial charge in [-0.05, 0) is 31.7 Å². The monoisotopic (exact) mass is 235 g/mol. The van der Waals surface area contributed by atoms with Gasteiger partial charge in [-0.3, -0.25) is 0 Å². The summed E-state index contributed by atoms with van der Waals surface area (Å²) >= 11 is 0. The first-order chi connectivity index (χ1) is 7.10. The molecular weight excluding hydrogens is 214 g/mol. The predicted molar refractivity (Wildman–Crippen MR) is 60.6 cm³/mol. The molecule has 0 saturated carbocycles. The van der Waals surface area contributed by atoms with Crippen molar-refractivity contribution in [2.45, 2.75) is 26.2 Å². The Morgan fingerprint density at radius 2 is 2.00 bits per heavy atom. The second kappa shape index (κ2) is 5.79. The van der Waals surface area contributed by atoms with E-state index in [9.17, 15) is 8.42 Å². The topological polar surface area (TPSA) is 75.4 Å². The highest BCUT2D eigenvalue weighted by Crippen LogP contribution is 2.17. The van der Waals surface area contributed by atoms with E-state index in [2.05, 4.69) is 4.72 Å². The van der Waals surface area contributed by atoms with Crippen molar-refractivity contribution in [3.63, 3.8) is 0 Å². The van der Waals surface area contributed by atoms with E-state index < -0.39 is 10.2 Å². The molecule has 0 aromatic rings. The predicted octanol–water partition coefficient (Wildman–Crippen LogP) is -0.0985. The number of rotatable bonds is 5. The summed E-state index contributed by atoms with van der Waals surface area (Å²) in [6.07, 6.45) is 2.57. The lowest BCUT2D eigenvalue weighted by Gasteiger charge is -2.30. The van der Waals surface area contributed by atoms with Gasteiger partial charge < -0.3 is 5.73 Å². The summed E-state index contributed by atoms with van der Waals surface area (Å²) in [4.78, 5) is 0. The lowest BCUT2D eigenvalue weighted by atomic mass is 9.99. The van der Waals surface area contributed by atoms with Gasteiger partial charge >= 0.3 is 0 Å². The fourth-order valence-electron chi connectivity index (χ4n) is 1.71. The average Bonchev–Trinajstić information content (AvgIpc) is 2.26. The first kappa shape index (κ1) is 12.9. The van der Waals surface area contributed by atoms with Gasteiger partial charge in [0, 0.05) is 19.6 Å². The molecular formula is C9H21N3O2S. The Kier molecular flexibility index (Phi) is 4.98. The number of nitrogens with zero attached hydrogens (tertiary/aromatic N) is 1. The summed E-state index contributed by atoms with van der Waals surface area (Å²) in [7, 11) is -3.23. The third-order valence-corrected chi connectivity index (χ3v) is 4.40. The van der Waals surface area contributed by atoms with Gasteiger partial charge in [0.2, 0.25) is 0 Å². The molecule has 90 valence electrons. The molecule has 15 heavy (non-hydrogen) atoms. The van der Waals surface area contributed by atoms with Crippen LogP contribution in [0.25, 0.3) is 0 Å². The first-order valence-corrected chi connectivity index (χ1v) is 6.99. The Bertz CT molecular complexity index is 271. The minimum Gasteiger partial charge on any atom is -0.330 e. The van der Waals surface area contributed by atoms with Crippen LogP contribution in [0.3, 0.4) is 0 Å². The molecule has 0 unspecified atom stereocenters. The normalized spacial score (nSPS) is 20.7. The second-order valence-corrected chi connectivity index (χ2v) is 5.73. The summed E-state index contributed by atoms with van der Waals surface area (Å²) in [6, 6.07) is 0. The van der Waals surface area contributed by atoms with Crippen LogP contribution in [0, 0.1) is 5.92 Å². The second-order valence-electron chi connectivity index (χ2n) is 3.98. The zero-order valence-electron chi connectivity index (χ0n) is 9.28. The van der Waals surface area contributed by atoms with Crippen LogP contribution in [0.4, 0.5) is 0 Å².